The molecule has 1 aromatic carbocycles. The topological polar surface area (TPSA) is 79.0 Å². The molecule has 4 rings (SSSR count). The van der Waals surface area contributed by atoms with Gasteiger partial charge in [0.1, 0.15) is 5.52 Å². The second-order valence-electron chi connectivity index (χ2n) is 6.12. The highest BCUT2D eigenvalue weighted by atomic mass is 19.4. The highest BCUT2D eigenvalue weighted by Crippen LogP contribution is 2.30. The van der Waals surface area contributed by atoms with Gasteiger partial charge in [0.15, 0.2) is 11.5 Å². The van der Waals surface area contributed by atoms with Crippen molar-refractivity contribution in [3.8, 4) is 0 Å². The zero-order chi connectivity index (χ0) is 18.9. The van der Waals surface area contributed by atoms with E-state index in [1.165, 1.54) is 12.4 Å². The van der Waals surface area contributed by atoms with Gasteiger partial charge in [0.25, 0.3) is 0 Å². The van der Waals surface area contributed by atoms with Crippen molar-refractivity contribution in [2.24, 2.45) is 0 Å². The summed E-state index contributed by atoms with van der Waals surface area (Å²) in [7, 11) is 0. The number of nitrogens with zero attached hydrogens (tertiary/aromatic N) is 4. The van der Waals surface area contributed by atoms with Crippen molar-refractivity contribution < 1.29 is 17.9 Å². The molecule has 1 fully saturated rings. The first-order valence-electron chi connectivity index (χ1n) is 8.44. The molecule has 7 nitrogen and oxygen atoms in total. The lowest BCUT2D eigenvalue weighted by Gasteiger charge is -2.27. The molecule has 0 saturated carbocycles. The van der Waals surface area contributed by atoms with E-state index in [0.29, 0.717) is 54.8 Å². The smallest absolute Gasteiger partial charge is 0.378 e. The van der Waals surface area contributed by atoms with Crippen molar-refractivity contribution in [2.45, 2.75) is 12.7 Å². The van der Waals surface area contributed by atoms with Crippen molar-refractivity contribution in [1.29, 1.82) is 0 Å². The molecular formula is C17H17F3N6O. The van der Waals surface area contributed by atoms with Crippen LogP contribution in [0.2, 0.25) is 0 Å². The van der Waals surface area contributed by atoms with E-state index in [4.69, 9.17) is 4.74 Å². The predicted molar refractivity (Wildman–Crippen MR) is 93.5 cm³/mol. The molecule has 2 aromatic heterocycles. The van der Waals surface area contributed by atoms with Crippen LogP contribution in [0.1, 0.15) is 11.1 Å². The summed E-state index contributed by atoms with van der Waals surface area (Å²) in [5, 5.41) is 3.10. The number of anilines is 2. The number of fused-ring (bicyclic) bond motifs is 1. The van der Waals surface area contributed by atoms with Crippen LogP contribution in [-0.2, 0) is 17.5 Å². The molecule has 2 N–H and O–H groups in total. The summed E-state index contributed by atoms with van der Waals surface area (Å²) in [6.07, 6.45) is -2.86. The van der Waals surface area contributed by atoms with Gasteiger partial charge in [0, 0.05) is 19.6 Å². The molecule has 1 saturated heterocycles. The quantitative estimate of drug-likeness (QED) is 0.727. The van der Waals surface area contributed by atoms with Crippen molar-refractivity contribution >= 4 is 22.9 Å². The lowest BCUT2D eigenvalue weighted by molar-refractivity contribution is -0.137. The number of hydrogen-bond acceptors (Lipinski definition) is 6. The Morgan fingerprint density at radius 2 is 2.00 bits per heavy atom. The van der Waals surface area contributed by atoms with Gasteiger partial charge in [-0.3, -0.25) is 0 Å². The first-order valence-corrected chi connectivity index (χ1v) is 8.44. The van der Waals surface area contributed by atoms with Crippen molar-refractivity contribution in [3.63, 3.8) is 0 Å². The summed E-state index contributed by atoms with van der Waals surface area (Å²) in [5.41, 5.74) is 0.936. The SMILES string of the molecule is FC(F)(F)c1cccc(CNc2nc(N3CCOCC3)nc3nc[nH]c23)c1. The van der Waals surface area contributed by atoms with Crippen LogP contribution in [0.25, 0.3) is 11.2 Å². The predicted octanol–water partition coefficient (Wildman–Crippen LogP) is 2.82. The second kappa shape index (κ2) is 7.03. The van der Waals surface area contributed by atoms with Gasteiger partial charge in [-0.25, -0.2) is 4.98 Å². The first-order chi connectivity index (χ1) is 13.0. The van der Waals surface area contributed by atoms with E-state index in [0.717, 1.165) is 12.1 Å². The number of H-pyrrole nitrogens is 1. The summed E-state index contributed by atoms with van der Waals surface area (Å²) in [4.78, 5) is 18.1. The third kappa shape index (κ3) is 3.80. The summed E-state index contributed by atoms with van der Waals surface area (Å²) in [5.74, 6) is 1.01. The van der Waals surface area contributed by atoms with Crippen LogP contribution in [0.4, 0.5) is 24.9 Å². The van der Waals surface area contributed by atoms with Crippen LogP contribution in [0.3, 0.4) is 0 Å². The van der Waals surface area contributed by atoms with E-state index in [-0.39, 0.29) is 6.54 Å². The van der Waals surface area contributed by atoms with Gasteiger partial charge in [-0.2, -0.15) is 23.1 Å². The fourth-order valence-corrected chi connectivity index (χ4v) is 2.90. The zero-order valence-electron chi connectivity index (χ0n) is 14.3. The van der Waals surface area contributed by atoms with Crippen LogP contribution < -0.4 is 10.2 Å². The average Bonchev–Trinajstić information content (AvgIpc) is 3.15. The van der Waals surface area contributed by atoms with Crippen LogP contribution >= 0.6 is 0 Å². The van der Waals surface area contributed by atoms with Gasteiger partial charge in [0.2, 0.25) is 5.95 Å². The maximum absolute atomic E-state index is 12.9. The van der Waals surface area contributed by atoms with Gasteiger partial charge in [-0.15, -0.1) is 0 Å². The van der Waals surface area contributed by atoms with Crippen LogP contribution in [0, 0.1) is 0 Å². The minimum Gasteiger partial charge on any atom is -0.378 e. The Labute approximate surface area is 152 Å². The van der Waals surface area contributed by atoms with Gasteiger partial charge in [-0.05, 0) is 17.7 Å². The standard InChI is InChI=1S/C17H17F3N6O/c18-17(19,20)12-3-1-2-11(8-12)9-21-14-13-15(23-10-22-13)25-16(24-14)26-4-6-27-7-5-26/h1-3,8,10H,4-7,9H2,(H2,21,22,23,24,25). The molecule has 27 heavy (non-hydrogen) atoms. The molecule has 1 aliphatic heterocycles. The number of halogens is 3. The molecule has 3 aromatic rings. The van der Waals surface area contributed by atoms with Crippen molar-refractivity contribution in [3.05, 3.63) is 41.7 Å². The van der Waals surface area contributed by atoms with E-state index < -0.39 is 11.7 Å². The zero-order valence-corrected chi connectivity index (χ0v) is 14.3. The molecule has 0 spiro atoms. The van der Waals surface area contributed by atoms with Gasteiger partial charge in [-0.1, -0.05) is 12.1 Å². The Balaban J connectivity index is 1.59. The van der Waals surface area contributed by atoms with E-state index in [1.807, 2.05) is 4.90 Å². The van der Waals surface area contributed by atoms with Crippen molar-refractivity contribution in [2.75, 3.05) is 36.5 Å². The lowest BCUT2D eigenvalue weighted by Crippen LogP contribution is -2.37. The largest absolute Gasteiger partial charge is 0.416 e. The molecule has 0 atom stereocenters. The highest BCUT2D eigenvalue weighted by molar-refractivity contribution is 5.83. The average molecular weight is 378 g/mol. The fraction of sp³-hybridized carbons (Fsp3) is 0.353. The molecule has 142 valence electrons. The normalized spacial score (nSPS) is 15.3. The third-order valence-corrected chi connectivity index (χ3v) is 4.28. The monoisotopic (exact) mass is 378 g/mol. The Kier molecular flexibility index (Phi) is 4.56. The molecule has 0 amide bonds. The second-order valence-corrected chi connectivity index (χ2v) is 6.12. The highest BCUT2D eigenvalue weighted by Gasteiger charge is 2.30. The van der Waals surface area contributed by atoms with E-state index in [9.17, 15) is 13.2 Å². The summed E-state index contributed by atoms with van der Waals surface area (Å²) < 4.78 is 44.0. The summed E-state index contributed by atoms with van der Waals surface area (Å²) >= 11 is 0. The molecule has 1 aliphatic rings. The summed E-state index contributed by atoms with van der Waals surface area (Å²) in [6, 6.07) is 5.21. The first kappa shape index (κ1) is 17.5. The van der Waals surface area contributed by atoms with E-state index >= 15 is 0 Å². The van der Waals surface area contributed by atoms with E-state index in [2.05, 4.69) is 25.3 Å². The maximum Gasteiger partial charge on any atom is 0.416 e. The molecule has 0 aliphatic carbocycles. The van der Waals surface area contributed by atoms with Gasteiger partial charge in [0.05, 0.1) is 25.1 Å². The Morgan fingerprint density at radius 1 is 1.19 bits per heavy atom. The number of hydrogen-bond donors (Lipinski definition) is 2. The Hall–Kier alpha value is -2.88. The molecular weight excluding hydrogens is 361 g/mol. The number of imidazole rings is 1. The number of rotatable bonds is 4. The van der Waals surface area contributed by atoms with E-state index in [1.54, 1.807) is 6.07 Å². The number of alkyl halides is 3. The van der Waals surface area contributed by atoms with Crippen LogP contribution in [-0.4, -0.2) is 46.2 Å². The number of aromatic nitrogens is 4. The summed E-state index contributed by atoms with van der Waals surface area (Å²) in [6.45, 7) is 2.72. The molecule has 0 unspecified atom stereocenters. The number of nitrogens with one attached hydrogen (secondary N) is 2. The number of benzene rings is 1. The molecule has 0 bridgehead atoms. The molecule has 10 heteroatoms. The number of ether oxygens (including phenoxy) is 1. The number of morpholine rings is 1. The van der Waals surface area contributed by atoms with Crippen molar-refractivity contribution in [1.82, 2.24) is 19.9 Å². The van der Waals surface area contributed by atoms with Gasteiger partial charge < -0.3 is 19.9 Å². The minimum atomic E-state index is -4.37. The minimum absolute atomic E-state index is 0.192. The third-order valence-electron chi connectivity index (χ3n) is 4.28. The Bertz CT molecular complexity index is 936. The number of aromatic amines is 1. The van der Waals surface area contributed by atoms with Crippen LogP contribution in [0.15, 0.2) is 30.6 Å². The van der Waals surface area contributed by atoms with Crippen LogP contribution in [0.5, 0.6) is 0 Å². The Morgan fingerprint density at radius 3 is 2.78 bits per heavy atom. The maximum atomic E-state index is 12.9. The fourth-order valence-electron chi connectivity index (χ4n) is 2.90. The molecule has 3 heterocycles. The molecule has 0 radical (unpaired) electrons. The van der Waals surface area contributed by atoms with Gasteiger partial charge >= 0.3 is 6.18 Å². The lowest BCUT2D eigenvalue weighted by atomic mass is 10.1.